The summed E-state index contributed by atoms with van der Waals surface area (Å²) in [4.78, 5) is 11.9. The fourth-order valence-corrected chi connectivity index (χ4v) is 2.84. The average molecular weight is 290 g/mol. The van der Waals surface area contributed by atoms with E-state index in [-0.39, 0.29) is 11.9 Å². The standard InChI is InChI=1S/C16H19FN2O2/c1-16(2,3)21-15(20)18-11-7-10-5-4-6-12-13(17)9-19(8-11)14(10)12/h4-6,9,11H,7-8H2,1-3H3,(H,18,20). The molecule has 4 nitrogen and oxygen atoms in total. The Morgan fingerprint density at radius 2 is 2.19 bits per heavy atom. The number of ether oxygens (including phenoxy) is 1. The second kappa shape index (κ2) is 4.76. The minimum atomic E-state index is -0.524. The summed E-state index contributed by atoms with van der Waals surface area (Å²) in [6.07, 6.45) is 1.74. The van der Waals surface area contributed by atoms with E-state index in [0.29, 0.717) is 18.4 Å². The van der Waals surface area contributed by atoms with Crippen LogP contribution in [0.15, 0.2) is 24.4 Å². The summed E-state index contributed by atoms with van der Waals surface area (Å²) < 4.78 is 21.0. The van der Waals surface area contributed by atoms with Gasteiger partial charge in [-0.15, -0.1) is 0 Å². The van der Waals surface area contributed by atoms with Gasteiger partial charge >= 0.3 is 6.09 Å². The summed E-state index contributed by atoms with van der Waals surface area (Å²) >= 11 is 0. The first kappa shape index (κ1) is 13.9. The first-order valence-corrected chi connectivity index (χ1v) is 7.09. The highest BCUT2D eigenvalue weighted by Crippen LogP contribution is 2.28. The molecule has 3 rings (SSSR count). The third kappa shape index (κ3) is 2.73. The third-order valence-corrected chi connectivity index (χ3v) is 3.54. The van der Waals surface area contributed by atoms with Crippen LogP contribution in [-0.2, 0) is 17.7 Å². The van der Waals surface area contributed by atoms with Crippen molar-refractivity contribution < 1.29 is 13.9 Å². The molecule has 1 aliphatic heterocycles. The molecule has 1 aromatic carbocycles. The minimum absolute atomic E-state index is 0.0928. The highest BCUT2D eigenvalue weighted by molar-refractivity contribution is 5.85. The van der Waals surface area contributed by atoms with Crippen LogP contribution in [0, 0.1) is 5.82 Å². The van der Waals surface area contributed by atoms with Crippen molar-refractivity contribution in [2.24, 2.45) is 0 Å². The number of rotatable bonds is 1. The lowest BCUT2D eigenvalue weighted by Gasteiger charge is -2.27. The van der Waals surface area contributed by atoms with Crippen molar-refractivity contribution in [3.63, 3.8) is 0 Å². The van der Waals surface area contributed by atoms with E-state index in [4.69, 9.17) is 4.74 Å². The molecule has 1 N–H and O–H groups in total. The zero-order chi connectivity index (χ0) is 15.2. The Labute approximate surface area is 122 Å². The zero-order valence-electron chi connectivity index (χ0n) is 12.4. The number of nitrogens with zero attached hydrogens (tertiary/aromatic N) is 1. The summed E-state index contributed by atoms with van der Waals surface area (Å²) in [6, 6.07) is 5.51. The number of nitrogens with one attached hydrogen (secondary N) is 1. The van der Waals surface area contributed by atoms with Crippen molar-refractivity contribution in [3.8, 4) is 0 Å². The van der Waals surface area contributed by atoms with Crippen molar-refractivity contribution in [3.05, 3.63) is 35.8 Å². The number of benzene rings is 1. The number of carbonyl (C=O) groups is 1. The van der Waals surface area contributed by atoms with E-state index in [1.54, 1.807) is 6.07 Å². The van der Waals surface area contributed by atoms with E-state index < -0.39 is 11.7 Å². The SMILES string of the molecule is CC(C)(C)OC(=O)NC1Cc2cccc3c(F)cn(c23)C1. The smallest absolute Gasteiger partial charge is 0.407 e. The first-order chi connectivity index (χ1) is 9.83. The number of hydrogen-bond donors (Lipinski definition) is 1. The fourth-order valence-electron chi connectivity index (χ4n) is 2.84. The molecule has 0 bridgehead atoms. The molecule has 1 aromatic heterocycles. The van der Waals surface area contributed by atoms with Gasteiger partial charge in [0.15, 0.2) is 0 Å². The lowest BCUT2D eigenvalue weighted by molar-refractivity contribution is 0.0498. The summed E-state index contributed by atoms with van der Waals surface area (Å²) in [6.45, 7) is 6.03. The van der Waals surface area contributed by atoms with Crippen LogP contribution in [-0.4, -0.2) is 22.3 Å². The van der Waals surface area contributed by atoms with Crippen molar-refractivity contribution in [1.29, 1.82) is 0 Å². The third-order valence-electron chi connectivity index (χ3n) is 3.54. The molecule has 1 amide bonds. The molecule has 0 fully saturated rings. The lowest BCUT2D eigenvalue weighted by atomic mass is 10.00. The van der Waals surface area contributed by atoms with Gasteiger partial charge in [-0.1, -0.05) is 12.1 Å². The van der Waals surface area contributed by atoms with Gasteiger partial charge in [0.1, 0.15) is 11.4 Å². The molecule has 21 heavy (non-hydrogen) atoms. The molecule has 0 saturated heterocycles. The summed E-state index contributed by atoms with van der Waals surface area (Å²) in [7, 11) is 0. The summed E-state index contributed by atoms with van der Waals surface area (Å²) in [5, 5.41) is 3.51. The van der Waals surface area contributed by atoms with Gasteiger partial charge in [-0.2, -0.15) is 0 Å². The monoisotopic (exact) mass is 290 g/mol. The van der Waals surface area contributed by atoms with Gasteiger partial charge in [-0.05, 0) is 38.8 Å². The van der Waals surface area contributed by atoms with E-state index in [1.807, 2.05) is 37.5 Å². The second-order valence-electron chi connectivity index (χ2n) is 6.49. The maximum absolute atomic E-state index is 13.9. The molecular formula is C16H19FN2O2. The summed E-state index contributed by atoms with van der Waals surface area (Å²) in [5.74, 6) is -0.218. The largest absolute Gasteiger partial charge is 0.444 e. The second-order valence-corrected chi connectivity index (χ2v) is 6.49. The van der Waals surface area contributed by atoms with Crippen LogP contribution in [0.5, 0.6) is 0 Å². The number of alkyl carbamates (subject to hydrolysis) is 1. The van der Waals surface area contributed by atoms with E-state index >= 15 is 0 Å². The predicted octanol–water partition coefficient (Wildman–Crippen LogP) is 3.23. The number of carbonyl (C=O) groups excluding carboxylic acids is 1. The molecule has 0 aliphatic carbocycles. The topological polar surface area (TPSA) is 43.3 Å². The van der Waals surface area contributed by atoms with E-state index in [2.05, 4.69) is 5.32 Å². The van der Waals surface area contributed by atoms with E-state index in [0.717, 1.165) is 11.1 Å². The van der Waals surface area contributed by atoms with Gasteiger partial charge in [0.2, 0.25) is 0 Å². The number of para-hydroxylation sites is 1. The molecule has 1 atom stereocenters. The Bertz CT molecular complexity index is 700. The molecule has 2 heterocycles. The van der Waals surface area contributed by atoms with E-state index in [1.165, 1.54) is 6.20 Å². The molecule has 1 unspecified atom stereocenters. The highest BCUT2D eigenvalue weighted by Gasteiger charge is 2.25. The van der Waals surface area contributed by atoms with Crippen molar-refractivity contribution >= 4 is 17.0 Å². The van der Waals surface area contributed by atoms with Crippen LogP contribution in [0.25, 0.3) is 10.9 Å². The van der Waals surface area contributed by atoms with Crippen LogP contribution < -0.4 is 5.32 Å². The number of hydrogen-bond acceptors (Lipinski definition) is 2. The van der Waals surface area contributed by atoms with Crippen molar-refractivity contribution in [2.75, 3.05) is 0 Å². The number of amides is 1. The highest BCUT2D eigenvalue weighted by atomic mass is 19.1. The number of halogens is 1. The normalized spacial score (nSPS) is 17.8. The quantitative estimate of drug-likeness (QED) is 0.876. The van der Waals surface area contributed by atoms with Crippen LogP contribution in [0.2, 0.25) is 0 Å². The zero-order valence-corrected chi connectivity index (χ0v) is 12.4. The van der Waals surface area contributed by atoms with Gasteiger partial charge < -0.3 is 14.6 Å². The Morgan fingerprint density at radius 3 is 2.90 bits per heavy atom. The van der Waals surface area contributed by atoms with Crippen molar-refractivity contribution in [2.45, 2.75) is 45.4 Å². The van der Waals surface area contributed by atoms with Gasteiger partial charge in [-0.3, -0.25) is 0 Å². The Hall–Kier alpha value is -2.04. The first-order valence-electron chi connectivity index (χ1n) is 7.09. The molecule has 2 aromatic rings. The molecule has 5 heteroatoms. The Morgan fingerprint density at radius 1 is 1.43 bits per heavy atom. The van der Waals surface area contributed by atoms with Gasteiger partial charge in [0, 0.05) is 18.1 Å². The van der Waals surface area contributed by atoms with Crippen LogP contribution in [0.4, 0.5) is 9.18 Å². The van der Waals surface area contributed by atoms with Crippen LogP contribution in [0.1, 0.15) is 26.3 Å². The predicted molar refractivity (Wildman–Crippen MR) is 78.8 cm³/mol. The average Bonchev–Trinajstić information content (AvgIpc) is 2.65. The van der Waals surface area contributed by atoms with Crippen molar-refractivity contribution in [1.82, 2.24) is 9.88 Å². The van der Waals surface area contributed by atoms with E-state index in [9.17, 15) is 9.18 Å². The molecule has 0 radical (unpaired) electrons. The Kier molecular flexibility index (Phi) is 3.15. The van der Waals surface area contributed by atoms with Crippen LogP contribution >= 0.6 is 0 Å². The maximum atomic E-state index is 13.9. The van der Waals surface area contributed by atoms with Gasteiger partial charge in [-0.25, -0.2) is 9.18 Å². The molecule has 1 aliphatic rings. The minimum Gasteiger partial charge on any atom is -0.444 e. The molecular weight excluding hydrogens is 271 g/mol. The molecule has 0 spiro atoms. The van der Waals surface area contributed by atoms with Gasteiger partial charge in [0.05, 0.1) is 11.6 Å². The number of aromatic nitrogens is 1. The fraction of sp³-hybridized carbons (Fsp3) is 0.438. The summed E-state index contributed by atoms with van der Waals surface area (Å²) in [5.41, 5.74) is 1.45. The maximum Gasteiger partial charge on any atom is 0.407 e. The van der Waals surface area contributed by atoms with Gasteiger partial charge in [0.25, 0.3) is 0 Å². The Balaban J connectivity index is 1.80. The van der Waals surface area contributed by atoms with Crippen LogP contribution in [0.3, 0.4) is 0 Å². The molecule has 0 saturated carbocycles. The lowest BCUT2D eigenvalue weighted by Crippen LogP contribution is -2.43. The molecule has 112 valence electrons.